The quantitative estimate of drug-likeness (QED) is 0.749. The topological polar surface area (TPSA) is 55.5 Å². The first-order valence-corrected chi connectivity index (χ1v) is 4.49. The summed E-state index contributed by atoms with van der Waals surface area (Å²) in [6, 6.07) is 7.46. The van der Waals surface area contributed by atoms with E-state index in [2.05, 4.69) is 4.98 Å². The van der Waals surface area contributed by atoms with Crippen LogP contribution in [0.25, 0.3) is 11.1 Å². The molecule has 0 saturated heterocycles. The third-order valence-electron chi connectivity index (χ3n) is 1.80. The molecule has 0 aliphatic carbocycles. The predicted molar refractivity (Wildman–Crippen MR) is 51.2 cm³/mol. The van der Waals surface area contributed by atoms with Gasteiger partial charge in [-0.15, -0.1) is 0 Å². The Balaban J connectivity index is 2.11. The standard InChI is InChI=1S/C10H11NO3/c12-6-3-7-13-10-11-8-4-1-2-5-9(8)14-10/h1-2,4-5,12H,3,6-7H2. The maximum atomic E-state index is 8.55. The number of rotatable bonds is 4. The number of nitrogens with zero attached hydrogens (tertiary/aromatic N) is 1. The molecule has 4 nitrogen and oxygen atoms in total. The van der Waals surface area contributed by atoms with Crippen LogP contribution >= 0.6 is 0 Å². The van der Waals surface area contributed by atoms with E-state index in [4.69, 9.17) is 14.3 Å². The van der Waals surface area contributed by atoms with Crippen molar-refractivity contribution >= 4 is 11.1 Å². The fourth-order valence-electron chi connectivity index (χ4n) is 1.14. The Labute approximate surface area is 81.1 Å². The molecular formula is C10H11NO3. The highest BCUT2D eigenvalue weighted by molar-refractivity contribution is 5.72. The first-order chi connectivity index (χ1) is 6.90. The third-order valence-corrected chi connectivity index (χ3v) is 1.80. The van der Waals surface area contributed by atoms with Crippen LogP contribution in [-0.4, -0.2) is 23.3 Å². The molecule has 2 rings (SSSR count). The van der Waals surface area contributed by atoms with Crippen LogP contribution in [0.3, 0.4) is 0 Å². The molecular weight excluding hydrogens is 182 g/mol. The van der Waals surface area contributed by atoms with Crippen molar-refractivity contribution in [1.29, 1.82) is 0 Å². The van der Waals surface area contributed by atoms with Gasteiger partial charge >= 0.3 is 6.08 Å². The van der Waals surface area contributed by atoms with Gasteiger partial charge in [-0.05, 0) is 12.1 Å². The second-order valence-electron chi connectivity index (χ2n) is 2.87. The monoisotopic (exact) mass is 193 g/mol. The Morgan fingerprint density at radius 2 is 2.21 bits per heavy atom. The molecule has 0 saturated carbocycles. The Kier molecular flexibility index (Phi) is 2.65. The van der Waals surface area contributed by atoms with Crippen molar-refractivity contribution in [2.75, 3.05) is 13.2 Å². The van der Waals surface area contributed by atoms with Gasteiger partial charge in [-0.1, -0.05) is 12.1 Å². The Hall–Kier alpha value is -1.55. The van der Waals surface area contributed by atoms with Gasteiger partial charge in [0.1, 0.15) is 5.52 Å². The summed E-state index contributed by atoms with van der Waals surface area (Å²) in [5.41, 5.74) is 1.50. The fraction of sp³-hybridized carbons (Fsp3) is 0.300. The lowest BCUT2D eigenvalue weighted by atomic mass is 10.3. The first kappa shape index (κ1) is 9.02. The van der Waals surface area contributed by atoms with Crippen LogP contribution < -0.4 is 4.74 Å². The second-order valence-corrected chi connectivity index (χ2v) is 2.87. The average molecular weight is 193 g/mol. The molecule has 0 unspecified atom stereocenters. The minimum absolute atomic E-state index is 0.111. The molecule has 4 heteroatoms. The summed E-state index contributed by atoms with van der Waals surface area (Å²) < 4.78 is 10.5. The van der Waals surface area contributed by atoms with Crippen molar-refractivity contribution in [1.82, 2.24) is 4.98 Å². The predicted octanol–water partition coefficient (Wildman–Crippen LogP) is 1.59. The number of fused-ring (bicyclic) bond motifs is 1. The average Bonchev–Trinajstić information content (AvgIpc) is 2.60. The minimum atomic E-state index is 0.111. The van der Waals surface area contributed by atoms with Crippen LogP contribution in [0.1, 0.15) is 6.42 Å². The molecule has 2 aromatic rings. The number of aliphatic hydroxyl groups excluding tert-OH is 1. The Morgan fingerprint density at radius 3 is 3.00 bits per heavy atom. The maximum absolute atomic E-state index is 8.55. The largest absolute Gasteiger partial charge is 0.450 e. The summed E-state index contributed by atoms with van der Waals surface area (Å²) >= 11 is 0. The smallest absolute Gasteiger partial charge is 0.394 e. The number of oxazole rings is 1. The molecule has 0 fully saturated rings. The number of hydrogen-bond acceptors (Lipinski definition) is 4. The number of para-hydroxylation sites is 2. The lowest BCUT2D eigenvalue weighted by Crippen LogP contribution is -1.99. The summed E-state index contributed by atoms with van der Waals surface area (Å²) in [6.07, 6.45) is 0.846. The molecule has 1 aromatic heterocycles. The zero-order valence-corrected chi connectivity index (χ0v) is 7.64. The van der Waals surface area contributed by atoms with Gasteiger partial charge in [-0.3, -0.25) is 0 Å². The molecule has 0 atom stereocenters. The van der Waals surface area contributed by atoms with Gasteiger partial charge in [0.15, 0.2) is 5.58 Å². The van der Waals surface area contributed by atoms with Crippen LogP contribution in [0.4, 0.5) is 0 Å². The van der Waals surface area contributed by atoms with E-state index in [1.54, 1.807) is 0 Å². The Morgan fingerprint density at radius 1 is 1.36 bits per heavy atom. The summed E-state index contributed by atoms with van der Waals surface area (Å²) in [7, 11) is 0. The highest BCUT2D eigenvalue weighted by Gasteiger charge is 2.04. The molecule has 14 heavy (non-hydrogen) atoms. The molecule has 0 amide bonds. The lowest BCUT2D eigenvalue weighted by Gasteiger charge is -1.96. The van der Waals surface area contributed by atoms with Crippen molar-refractivity contribution in [3.8, 4) is 6.08 Å². The van der Waals surface area contributed by atoms with E-state index in [0.717, 1.165) is 5.52 Å². The molecule has 0 aliphatic rings. The minimum Gasteiger partial charge on any atom is -0.450 e. The van der Waals surface area contributed by atoms with Crippen LogP contribution in [0, 0.1) is 0 Å². The number of hydrogen-bond donors (Lipinski definition) is 1. The SMILES string of the molecule is OCCCOc1nc2ccccc2o1. The molecule has 0 bridgehead atoms. The van der Waals surface area contributed by atoms with Gasteiger partial charge in [0.05, 0.1) is 6.61 Å². The molecule has 74 valence electrons. The van der Waals surface area contributed by atoms with Crippen LogP contribution in [0.2, 0.25) is 0 Å². The maximum Gasteiger partial charge on any atom is 0.394 e. The van der Waals surface area contributed by atoms with E-state index in [1.165, 1.54) is 0 Å². The van der Waals surface area contributed by atoms with Gasteiger partial charge in [-0.2, -0.15) is 4.98 Å². The fourth-order valence-corrected chi connectivity index (χ4v) is 1.14. The van der Waals surface area contributed by atoms with E-state index < -0.39 is 0 Å². The third kappa shape index (κ3) is 1.85. The van der Waals surface area contributed by atoms with E-state index in [0.29, 0.717) is 18.6 Å². The molecule has 1 N–H and O–H groups in total. The highest BCUT2D eigenvalue weighted by atomic mass is 16.6. The van der Waals surface area contributed by atoms with Crippen LogP contribution in [-0.2, 0) is 0 Å². The van der Waals surface area contributed by atoms with E-state index in [-0.39, 0.29) is 12.7 Å². The highest BCUT2D eigenvalue weighted by Crippen LogP contribution is 2.19. The number of aliphatic hydroxyl groups is 1. The van der Waals surface area contributed by atoms with Gasteiger partial charge in [0, 0.05) is 13.0 Å². The molecule has 1 aromatic carbocycles. The Bertz CT molecular complexity index is 377. The molecule has 1 heterocycles. The van der Waals surface area contributed by atoms with E-state index in [9.17, 15) is 0 Å². The number of ether oxygens (including phenoxy) is 1. The van der Waals surface area contributed by atoms with Crippen LogP contribution in [0.15, 0.2) is 28.7 Å². The number of aromatic nitrogens is 1. The van der Waals surface area contributed by atoms with Gasteiger partial charge in [0.25, 0.3) is 0 Å². The zero-order valence-electron chi connectivity index (χ0n) is 7.64. The van der Waals surface area contributed by atoms with Crippen molar-refractivity contribution in [2.24, 2.45) is 0 Å². The van der Waals surface area contributed by atoms with Gasteiger partial charge in [-0.25, -0.2) is 0 Å². The number of benzene rings is 1. The summed E-state index contributed by atoms with van der Waals surface area (Å²) in [4.78, 5) is 4.11. The summed E-state index contributed by atoms with van der Waals surface area (Å²) in [5, 5.41) is 8.55. The second kappa shape index (κ2) is 4.11. The van der Waals surface area contributed by atoms with Gasteiger partial charge in [0.2, 0.25) is 0 Å². The molecule has 0 radical (unpaired) electrons. The summed E-state index contributed by atoms with van der Waals surface area (Å²) in [5.74, 6) is 0. The zero-order chi connectivity index (χ0) is 9.80. The normalized spacial score (nSPS) is 10.6. The first-order valence-electron chi connectivity index (χ1n) is 4.49. The van der Waals surface area contributed by atoms with E-state index in [1.807, 2.05) is 24.3 Å². The molecule has 0 spiro atoms. The van der Waals surface area contributed by atoms with Crippen molar-refractivity contribution in [2.45, 2.75) is 6.42 Å². The van der Waals surface area contributed by atoms with E-state index >= 15 is 0 Å². The lowest BCUT2D eigenvalue weighted by molar-refractivity contribution is 0.198. The van der Waals surface area contributed by atoms with Crippen molar-refractivity contribution in [3.05, 3.63) is 24.3 Å². The molecule has 0 aliphatic heterocycles. The van der Waals surface area contributed by atoms with Gasteiger partial charge < -0.3 is 14.3 Å². The summed E-state index contributed by atoms with van der Waals surface area (Å²) in [6.45, 7) is 0.531. The van der Waals surface area contributed by atoms with Crippen molar-refractivity contribution in [3.63, 3.8) is 0 Å². The van der Waals surface area contributed by atoms with Crippen LogP contribution in [0.5, 0.6) is 6.08 Å². The van der Waals surface area contributed by atoms with Crippen molar-refractivity contribution < 1.29 is 14.3 Å².